The third-order valence-corrected chi connectivity index (χ3v) is 3.66. The number of carbonyl (C=O) groups excluding carboxylic acids is 1. The molecular weight excluding hydrogens is 168 g/mol. The molecule has 0 aromatic heterocycles. The van der Waals surface area contributed by atoms with E-state index in [1.807, 2.05) is 11.8 Å². The van der Waals surface area contributed by atoms with E-state index in [4.69, 9.17) is 4.74 Å². The normalized spacial score (nSPS) is 25.9. The van der Waals surface area contributed by atoms with Crippen LogP contribution in [0.15, 0.2) is 0 Å². The third-order valence-electron chi connectivity index (χ3n) is 1.08. The van der Waals surface area contributed by atoms with Crippen LogP contribution in [0.4, 0.5) is 0 Å². The first-order valence-electron chi connectivity index (χ1n) is 3.15. The summed E-state index contributed by atoms with van der Waals surface area (Å²) in [6.07, 6.45) is 0. The van der Waals surface area contributed by atoms with Gasteiger partial charge in [-0.1, -0.05) is 0 Å². The summed E-state index contributed by atoms with van der Waals surface area (Å²) >= 11 is 3.57. The maximum atomic E-state index is 10.5. The average molecular weight is 178 g/mol. The quantitative estimate of drug-likeness (QED) is 0.566. The molecular formula is C6H10O2S2. The van der Waals surface area contributed by atoms with E-state index in [1.54, 1.807) is 11.8 Å². The number of hydrogen-bond donors (Lipinski definition) is 0. The summed E-state index contributed by atoms with van der Waals surface area (Å²) in [5.41, 5.74) is 0.108. The van der Waals surface area contributed by atoms with Gasteiger partial charge in [0.15, 0.2) is 5.44 Å². The highest BCUT2D eigenvalue weighted by Gasteiger charge is 2.15. The number of thioether (sulfide) groups is 2. The van der Waals surface area contributed by atoms with Crippen LogP contribution in [0.1, 0.15) is 6.92 Å². The lowest BCUT2D eigenvalue weighted by Gasteiger charge is -2.19. The first kappa shape index (κ1) is 8.27. The molecule has 0 aromatic rings. The molecule has 1 rings (SSSR count). The van der Waals surface area contributed by atoms with Crippen LogP contribution in [0.3, 0.4) is 0 Å². The van der Waals surface area contributed by atoms with Crippen LogP contribution < -0.4 is 0 Å². The molecule has 2 nitrogen and oxygen atoms in total. The van der Waals surface area contributed by atoms with Crippen LogP contribution in [0, 0.1) is 0 Å². The Morgan fingerprint density at radius 3 is 2.90 bits per heavy atom. The zero-order valence-corrected chi connectivity index (χ0v) is 7.46. The number of esters is 1. The molecule has 1 aliphatic rings. The summed E-state index contributed by atoms with van der Waals surface area (Å²) < 4.78 is 4.99. The first-order valence-corrected chi connectivity index (χ1v) is 5.36. The fourth-order valence-corrected chi connectivity index (χ4v) is 3.14. The van der Waals surface area contributed by atoms with Crippen molar-refractivity contribution < 1.29 is 9.53 Å². The van der Waals surface area contributed by atoms with Gasteiger partial charge in [0, 0.05) is 24.2 Å². The summed E-state index contributed by atoms with van der Waals surface area (Å²) in [5, 5.41) is 0. The van der Waals surface area contributed by atoms with Crippen molar-refractivity contribution in [3.05, 3.63) is 0 Å². The van der Waals surface area contributed by atoms with Gasteiger partial charge in [-0.25, -0.2) is 0 Å². The number of rotatable bonds is 1. The van der Waals surface area contributed by atoms with Crippen molar-refractivity contribution in [3.8, 4) is 0 Å². The average Bonchev–Trinajstić information content (AvgIpc) is 1.88. The summed E-state index contributed by atoms with van der Waals surface area (Å²) in [6.45, 7) is 1.46. The Kier molecular flexibility index (Phi) is 3.42. The van der Waals surface area contributed by atoms with E-state index >= 15 is 0 Å². The molecule has 58 valence electrons. The molecule has 1 fully saturated rings. The molecule has 0 aromatic carbocycles. The van der Waals surface area contributed by atoms with E-state index in [0.717, 1.165) is 11.5 Å². The molecule has 1 aliphatic heterocycles. The van der Waals surface area contributed by atoms with Gasteiger partial charge in [0.1, 0.15) is 0 Å². The minimum Gasteiger partial charge on any atom is -0.451 e. The molecule has 0 amide bonds. The van der Waals surface area contributed by atoms with Crippen LogP contribution in [0.5, 0.6) is 0 Å². The second-order valence-electron chi connectivity index (χ2n) is 1.98. The van der Waals surface area contributed by atoms with E-state index < -0.39 is 0 Å². The summed E-state index contributed by atoms with van der Waals surface area (Å²) in [7, 11) is 0. The summed E-state index contributed by atoms with van der Waals surface area (Å²) in [6, 6.07) is 0. The van der Waals surface area contributed by atoms with Gasteiger partial charge in [0.25, 0.3) is 0 Å². The highest BCUT2D eigenvalue weighted by atomic mass is 32.2. The van der Waals surface area contributed by atoms with Gasteiger partial charge in [-0.05, 0) is 0 Å². The third kappa shape index (κ3) is 2.84. The Balaban J connectivity index is 2.19. The van der Waals surface area contributed by atoms with Crippen molar-refractivity contribution in [2.45, 2.75) is 12.4 Å². The standard InChI is InChI=1S/C6H10O2S2/c1-5(7)8-6-4-9-2-3-10-6/h6H,2-4H2,1H3/t6-/m0/s1. The fourth-order valence-electron chi connectivity index (χ4n) is 0.719. The number of hydrogen-bond acceptors (Lipinski definition) is 4. The molecule has 0 N–H and O–H groups in total. The summed E-state index contributed by atoms with van der Waals surface area (Å²) in [4.78, 5) is 10.5. The molecule has 1 atom stereocenters. The molecule has 10 heavy (non-hydrogen) atoms. The van der Waals surface area contributed by atoms with E-state index in [1.165, 1.54) is 12.7 Å². The smallest absolute Gasteiger partial charge is 0.303 e. The Hall–Kier alpha value is 0.170. The molecule has 0 spiro atoms. The largest absolute Gasteiger partial charge is 0.451 e. The lowest BCUT2D eigenvalue weighted by Crippen LogP contribution is -2.19. The highest BCUT2D eigenvalue weighted by Crippen LogP contribution is 2.24. The van der Waals surface area contributed by atoms with Crippen molar-refractivity contribution >= 4 is 29.5 Å². The van der Waals surface area contributed by atoms with Crippen molar-refractivity contribution in [1.82, 2.24) is 0 Å². The molecule has 0 saturated carbocycles. The molecule has 4 heteroatoms. The van der Waals surface area contributed by atoms with Gasteiger partial charge in [-0.2, -0.15) is 11.8 Å². The molecule has 1 heterocycles. The Morgan fingerprint density at radius 2 is 2.40 bits per heavy atom. The first-order chi connectivity index (χ1) is 4.79. The molecule has 0 unspecified atom stereocenters. The topological polar surface area (TPSA) is 26.3 Å². The second kappa shape index (κ2) is 4.13. The highest BCUT2D eigenvalue weighted by molar-refractivity contribution is 8.06. The van der Waals surface area contributed by atoms with Gasteiger partial charge >= 0.3 is 5.97 Å². The van der Waals surface area contributed by atoms with Gasteiger partial charge < -0.3 is 4.74 Å². The lowest BCUT2D eigenvalue weighted by molar-refractivity contribution is -0.141. The molecule has 0 bridgehead atoms. The number of carbonyl (C=O) groups is 1. The Labute approximate surface area is 69.1 Å². The zero-order valence-electron chi connectivity index (χ0n) is 5.83. The van der Waals surface area contributed by atoms with E-state index in [2.05, 4.69) is 0 Å². The predicted molar refractivity (Wildman–Crippen MR) is 45.3 cm³/mol. The Bertz CT molecular complexity index is 121. The maximum absolute atomic E-state index is 10.5. The monoisotopic (exact) mass is 178 g/mol. The van der Waals surface area contributed by atoms with Gasteiger partial charge in [-0.15, -0.1) is 11.8 Å². The van der Waals surface area contributed by atoms with Gasteiger partial charge in [0.2, 0.25) is 0 Å². The van der Waals surface area contributed by atoms with Crippen LogP contribution in [-0.2, 0) is 9.53 Å². The van der Waals surface area contributed by atoms with Gasteiger partial charge in [0.05, 0.1) is 0 Å². The van der Waals surface area contributed by atoms with Crippen LogP contribution in [-0.4, -0.2) is 28.7 Å². The maximum Gasteiger partial charge on any atom is 0.303 e. The SMILES string of the molecule is CC(=O)O[C@@H]1CSCCS1. The Morgan fingerprint density at radius 1 is 1.60 bits per heavy atom. The van der Waals surface area contributed by atoms with Crippen molar-refractivity contribution in [1.29, 1.82) is 0 Å². The minimum atomic E-state index is -0.167. The summed E-state index contributed by atoms with van der Waals surface area (Å²) in [5.74, 6) is 3.06. The van der Waals surface area contributed by atoms with Crippen molar-refractivity contribution in [2.75, 3.05) is 17.3 Å². The fraction of sp³-hybridized carbons (Fsp3) is 0.833. The number of ether oxygens (including phenoxy) is 1. The molecule has 0 aliphatic carbocycles. The predicted octanol–water partition coefficient (Wildman–Crippen LogP) is 1.36. The van der Waals surface area contributed by atoms with Gasteiger partial charge in [-0.3, -0.25) is 4.79 Å². The van der Waals surface area contributed by atoms with E-state index in [0.29, 0.717) is 0 Å². The van der Waals surface area contributed by atoms with Crippen LogP contribution in [0.2, 0.25) is 0 Å². The van der Waals surface area contributed by atoms with Crippen molar-refractivity contribution in [2.24, 2.45) is 0 Å². The van der Waals surface area contributed by atoms with E-state index in [-0.39, 0.29) is 11.4 Å². The van der Waals surface area contributed by atoms with E-state index in [9.17, 15) is 4.79 Å². The molecule has 0 radical (unpaired) electrons. The lowest BCUT2D eigenvalue weighted by atomic mass is 10.7. The van der Waals surface area contributed by atoms with Crippen molar-refractivity contribution in [3.63, 3.8) is 0 Å². The minimum absolute atomic E-state index is 0.108. The molecule has 1 saturated heterocycles. The second-order valence-corrected chi connectivity index (χ2v) is 4.40. The van der Waals surface area contributed by atoms with Crippen LogP contribution in [0.25, 0.3) is 0 Å². The van der Waals surface area contributed by atoms with Crippen LogP contribution >= 0.6 is 23.5 Å². The zero-order chi connectivity index (χ0) is 7.40.